The van der Waals surface area contributed by atoms with Gasteiger partial charge in [0.15, 0.2) is 0 Å². The van der Waals surface area contributed by atoms with E-state index in [0.717, 1.165) is 0 Å². The van der Waals surface area contributed by atoms with Crippen LogP contribution in [-0.4, -0.2) is 0 Å². The Morgan fingerprint density at radius 3 is 2.00 bits per heavy atom. The fourth-order valence-electron chi connectivity index (χ4n) is 0.714. The number of benzene rings is 1. The van der Waals surface area contributed by atoms with E-state index in [0.29, 0.717) is 0 Å². The molecule has 0 aliphatic carbocycles. The van der Waals surface area contributed by atoms with Crippen LogP contribution in [0.2, 0.25) is 5.52 Å². The summed E-state index contributed by atoms with van der Waals surface area (Å²) in [4.78, 5) is 0. The Morgan fingerprint density at radius 1 is 1.11 bits per heavy atom. The Morgan fingerprint density at radius 2 is 1.67 bits per heavy atom. The topological polar surface area (TPSA) is 0 Å². The Balaban J connectivity index is 0.000000640. The van der Waals surface area contributed by atoms with Gasteiger partial charge in [-0.25, -0.2) is 0 Å². The van der Waals surface area contributed by atoms with Crippen LogP contribution in [0.4, 0.5) is 0 Å². The van der Waals surface area contributed by atoms with Crippen molar-refractivity contribution in [1.82, 2.24) is 0 Å². The standard InChI is InChI=1S/C6H5.CH3.BrH.Zn/c1-2-4-6-5-3-1;;;/h1-5H;1H3;1H;. The Labute approximate surface area is 74.0 Å². The number of rotatable bonds is 1. The second-order valence-corrected chi connectivity index (χ2v) is 5.04. The third-order valence-electron chi connectivity index (χ3n) is 1.25. The zero-order valence-corrected chi connectivity index (χ0v) is 10.2. The minimum absolute atomic E-state index is 0. The van der Waals surface area contributed by atoms with Crippen LogP contribution in [0.15, 0.2) is 30.3 Å². The van der Waals surface area contributed by atoms with Gasteiger partial charge in [0.2, 0.25) is 0 Å². The molecule has 9 heavy (non-hydrogen) atoms. The molecule has 2 heteroatoms. The van der Waals surface area contributed by atoms with Crippen LogP contribution in [0.3, 0.4) is 0 Å². The van der Waals surface area contributed by atoms with E-state index in [-0.39, 0.29) is 34.1 Å². The van der Waals surface area contributed by atoms with Crippen molar-refractivity contribution in [1.29, 1.82) is 0 Å². The summed E-state index contributed by atoms with van der Waals surface area (Å²) in [5, 5.41) is 0. The molecule has 1 aromatic rings. The van der Waals surface area contributed by atoms with E-state index >= 15 is 0 Å². The molecule has 0 aromatic heterocycles. The van der Waals surface area contributed by atoms with Crippen molar-refractivity contribution in [2.45, 2.75) is 5.52 Å². The van der Waals surface area contributed by atoms with Gasteiger partial charge in [-0.3, -0.25) is 0 Å². The predicted molar refractivity (Wildman–Crippen MR) is 42.3 cm³/mol. The molecule has 0 N–H and O–H groups in total. The van der Waals surface area contributed by atoms with Gasteiger partial charge in [0, 0.05) is 0 Å². The van der Waals surface area contributed by atoms with Gasteiger partial charge in [-0.2, -0.15) is 0 Å². The molecule has 0 unspecified atom stereocenters. The van der Waals surface area contributed by atoms with E-state index < -0.39 is 0 Å². The summed E-state index contributed by atoms with van der Waals surface area (Å²) in [5.41, 5.74) is 2.35. The molecule has 0 aliphatic heterocycles. The second-order valence-electron chi connectivity index (χ2n) is 1.84. The molecule has 0 fully saturated rings. The van der Waals surface area contributed by atoms with Crippen LogP contribution in [0.5, 0.6) is 0 Å². The molecule has 1 rings (SSSR count). The first-order valence-electron chi connectivity index (χ1n) is 2.97. The summed E-state index contributed by atoms with van der Waals surface area (Å²) in [5.74, 6) is 0. The third kappa shape index (κ3) is 3.12. The van der Waals surface area contributed by atoms with Crippen molar-refractivity contribution in [2.75, 3.05) is 0 Å². The van der Waals surface area contributed by atoms with Crippen molar-refractivity contribution < 1.29 is 17.1 Å². The van der Waals surface area contributed by atoms with Gasteiger partial charge in [0.05, 0.1) is 0 Å². The molecule has 0 bridgehead atoms. The summed E-state index contributed by atoms with van der Waals surface area (Å²) in [7, 11) is 0. The first kappa shape index (κ1) is 9.32. The van der Waals surface area contributed by atoms with E-state index in [1.165, 1.54) is 0 Å². The van der Waals surface area contributed by atoms with Gasteiger partial charge in [-0.15, -0.1) is 17.0 Å². The van der Waals surface area contributed by atoms with Crippen LogP contribution >= 0.6 is 17.0 Å². The molecule has 0 spiro atoms. The van der Waals surface area contributed by atoms with Crippen molar-refractivity contribution in [2.24, 2.45) is 0 Å². The molecule has 0 atom stereocenters. The average molecular weight is 238 g/mol. The zero-order chi connectivity index (χ0) is 5.82. The first-order chi connectivity index (χ1) is 3.93. The summed E-state index contributed by atoms with van der Waals surface area (Å²) in [6.07, 6.45) is 0. The fourth-order valence-corrected chi connectivity index (χ4v) is 2.27. The predicted octanol–water partition coefficient (Wildman–Crippen LogP) is 2.02. The summed E-state index contributed by atoms with van der Waals surface area (Å²) >= 11 is -0.276. The van der Waals surface area contributed by atoms with Crippen LogP contribution in [0, 0.1) is 0 Å². The van der Waals surface area contributed by atoms with Crippen molar-refractivity contribution in [3.8, 4) is 0 Å². The molecule has 0 aliphatic rings. The molecule has 1 aromatic carbocycles. The maximum absolute atomic E-state index is 2.35. The van der Waals surface area contributed by atoms with Crippen LogP contribution in [0.1, 0.15) is 0 Å². The van der Waals surface area contributed by atoms with Crippen molar-refractivity contribution in [3.63, 3.8) is 0 Å². The van der Waals surface area contributed by atoms with Gasteiger partial charge in [-0.05, 0) is 0 Å². The molecule has 46 valence electrons. The summed E-state index contributed by atoms with van der Waals surface area (Å²) in [6, 6.07) is 10.7. The Bertz CT molecular complexity index is 150. The SMILES string of the molecule is Br.[CH3][Zn][c]1ccccc1. The van der Waals surface area contributed by atoms with E-state index in [1.54, 1.807) is 4.16 Å². The van der Waals surface area contributed by atoms with E-state index in [1.807, 2.05) is 0 Å². The first-order valence-corrected chi connectivity index (χ1v) is 7.42. The van der Waals surface area contributed by atoms with Gasteiger partial charge >= 0.3 is 57.1 Å². The maximum atomic E-state index is 2.35. The fraction of sp³-hybridized carbons (Fsp3) is 0.143. The van der Waals surface area contributed by atoms with E-state index in [9.17, 15) is 0 Å². The molecule has 0 nitrogen and oxygen atoms in total. The molecule has 0 radical (unpaired) electrons. The van der Waals surface area contributed by atoms with Crippen LogP contribution in [0.25, 0.3) is 0 Å². The van der Waals surface area contributed by atoms with Crippen molar-refractivity contribution >= 4 is 21.1 Å². The monoisotopic (exact) mass is 236 g/mol. The molecular formula is C7H9BrZn. The van der Waals surface area contributed by atoms with E-state index in [4.69, 9.17) is 0 Å². The summed E-state index contributed by atoms with van der Waals surface area (Å²) < 4.78 is 1.60. The number of hydrogen-bond acceptors (Lipinski definition) is 0. The molecule has 0 heterocycles. The molecule has 0 saturated heterocycles. The Hall–Kier alpha value is 0.323. The van der Waals surface area contributed by atoms with Gasteiger partial charge in [0.25, 0.3) is 0 Å². The van der Waals surface area contributed by atoms with Crippen LogP contribution < -0.4 is 4.16 Å². The average Bonchev–Trinajstić information content (AvgIpc) is 1.90. The quantitative estimate of drug-likeness (QED) is 0.657. The Kier molecular flexibility index (Phi) is 5.32. The summed E-state index contributed by atoms with van der Waals surface area (Å²) in [6.45, 7) is 0. The van der Waals surface area contributed by atoms with Crippen LogP contribution in [-0.2, 0) is 17.1 Å². The number of hydrogen-bond donors (Lipinski definition) is 0. The minimum atomic E-state index is -0.276. The van der Waals surface area contributed by atoms with Gasteiger partial charge < -0.3 is 0 Å². The number of halogens is 1. The normalized spacial score (nSPS) is 7.22. The molecule has 0 saturated carbocycles. The molecule has 0 amide bonds. The zero-order valence-electron chi connectivity index (χ0n) is 5.50. The van der Waals surface area contributed by atoms with E-state index in [2.05, 4.69) is 35.8 Å². The van der Waals surface area contributed by atoms with Crippen molar-refractivity contribution in [3.05, 3.63) is 30.3 Å². The third-order valence-corrected chi connectivity index (χ3v) is 3.95. The second kappa shape index (κ2) is 5.14. The van der Waals surface area contributed by atoms with Gasteiger partial charge in [-0.1, -0.05) is 0 Å². The molecular weight excluding hydrogens is 229 g/mol. The van der Waals surface area contributed by atoms with Gasteiger partial charge in [0.1, 0.15) is 0 Å².